The molecule has 2 aromatic rings. The minimum absolute atomic E-state index is 0.0295. The fraction of sp³-hybridized carbons (Fsp3) is 0.381. The van der Waals surface area contributed by atoms with E-state index in [1.165, 1.54) is 6.07 Å². The molecular formula is C21H27N3O3. The maximum Gasteiger partial charge on any atom is 0.354 e. The predicted molar refractivity (Wildman–Crippen MR) is 105 cm³/mol. The largest absolute Gasteiger partial charge is 0.477 e. The number of unbranched alkanes of at least 4 members (excludes halogenated alkanes) is 3. The lowest BCUT2D eigenvalue weighted by atomic mass is 9.96. The van der Waals surface area contributed by atoms with Crippen LogP contribution in [0.1, 0.15) is 70.6 Å². The molecule has 1 atom stereocenters. The molecule has 2 rings (SSSR count). The summed E-state index contributed by atoms with van der Waals surface area (Å²) in [6.45, 7) is 3.34. The number of hydrogen-bond donors (Lipinski definition) is 3. The van der Waals surface area contributed by atoms with E-state index < -0.39 is 5.97 Å². The SMILES string of the molecule is CC(c1ccc(C(=O)NCCCCCCN)cc1)c1cccc(C(=O)O)n1. The van der Waals surface area contributed by atoms with Gasteiger partial charge in [-0.1, -0.05) is 38.0 Å². The average Bonchev–Trinajstić information content (AvgIpc) is 2.70. The zero-order valence-corrected chi connectivity index (χ0v) is 15.6. The summed E-state index contributed by atoms with van der Waals surface area (Å²) in [4.78, 5) is 27.5. The van der Waals surface area contributed by atoms with Crippen molar-refractivity contribution in [2.24, 2.45) is 5.73 Å². The third kappa shape index (κ3) is 6.18. The van der Waals surface area contributed by atoms with Crippen molar-refractivity contribution < 1.29 is 14.7 Å². The minimum Gasteiger partial charge on any atom is -0.477 e. The van der Waals surface area contributed by atoms with Crippen LogP contribution < -0.4 is 11.1 Å². The van der Waals surface area contributed by atoms with Crippen LogP contribution >= 0.6 is 0 Å². The molecular weight excluding hydrogens is 342 g/mol. The highest BCUT2D eigenvalue weighted by atomic mass is 16.4. The number of carbonyl (C=O) groups is 2. The van der Waals surface area contributed by atoms with Crippen LogP contribution in [-0.4, -0.2) is 35.1 Å². The molecule has 0 fully saturated rings. The number of carboxylic acids is 1. The molecule has 1 unspecified atom stereocenters. The number of rotatable bonds is 10. The summed E-state index contributed by atoms with van der Waals surface area (Å²) in [5.74, 6) is -1.19. The van der Waals surface area contributed by atoms with Crippen molar-refractivity contribution in [1.29, 1.82) is 0 Å². The summed E-state index contributed by atoms with van der Waals surface area (Å²) >= 11 is 0. The maximum atomic E-state index is 12.2. The molecule has 0 radical (unpaired) electrons. The Morgan fingerprint density at radius 2 is 1.78 bits per heavy atom. The Morgan fingerprint density at radius 3 is 2.44 bits per heavy atom. The van der Waals surface area contributed by atoms with Gasteiger partial charge in [0.05, 0.1) is 0 Å². The number of nitrogens with one attached hydrogen (secondary N) is 1. The second kappa shape index (κ2) is 10.4. The third-order valence-electron chi connectivity index (χ3n) is 4.52. The Kier molecular flexibility index (Phi) is 7.95. The molecule has 4 N–H and O–H groups in total. The molecule has 0 aliphatic carbocycles. The van der Waals surface area contributed by atoms with Gasteiger partial charge in [0, 0.05) is 23.7 Å². The molecule has 1 heterocycles. The van der Waals surface area contributed by atoms with Gasteiger partial charge >= 0.3 is 5.97 Å². The minimum atomic E-state index is -1.04. The molecule has 1 aromatic carbocycles. The summed E-state index contributed by atoms with van der Waals surface area (Å²) in [7, 11) is 0. The van der Waals surface area contributed by atoms with Crippen LogP contribution in [0.25, 0.3) is 0 Å². The van der Waals surface area contributed by atoms with Crippen molar-refractivity contribution in [3.63, 3.8) is 0 Å². The molecule has 0 aliphatic heterocycles. The van der Waals surface area contributed by atoms with Crippen LogP contribution in [0.5, 0.6) is 0 Å². The Bertz CT molecular complexity index is 760. The van der Waals surface area contributed by atoms with Gasteiger partial charge in [-0.05, 0) is 49.2 Å². The molecule has 6 nitrogen and oxygen atoms in total. The first-order chi connectivity index (χ1) is 13.0. The molecule has 144 valence electrons. The van der Waals surface area contributed by atoms with Gasteiger partial charge in [0.1, 0.15) is 5.69 Å². The van der Waals surface area contributed by atoms with Gasteiger partial charge in [-0.3, -0.25) is 4.79 Å². The van der Waals surface area contributed by atoms with Crippen molar-refractivity contribution in [1.82, 2.24) is 10.3 Å². The molecule has 27 heavy (non-hydrogen) atoms. The topological polar surface area (TPSA) is 105 Å². The maximum absolute atomic E-state index is 12.2. The molecule has 0 spiro atoms. The van der Waals surface area contributed by atoms with Crippen LogP contribution in [-0.2, 0) is 0 Å². The fourth-order valence-corrected chi connectivity index (χ4v) is 2.83. The average molecular weight is 369 g/mol. The van der Waals surface area contributed by atoms with Gasteiger partial charge in [0.15, 0.2) is 0 Å². The van der Waals surface area contributed by atoms with E-state index in [4.69, 9.17) is 10.8 Å². The Morgan fingerprint density at radius 1 is 1.07 bits per heavy atom. The summed E-state index contributed by atoms with van der Waals surface area (Å²) < 4.78 is 0. The smallest absolute Gasteiger partial charge is 0.354 e. The van der Waals surface area contributed by atoms with Crippen LogP contribution in [0.15, 0.2) is 42.5 Å². The number of benzene rings is 1. The van der Waals surface area contributed by atoms with Crippen molar-refractivity contribution in [2.45, 2.75) is 38.5 Å². The number of hydrogen-bond acceptors (Lipinski definition) is 4. The van der Waals surface area contributed by atoms with E-state index in [1.54, 1.807) is 18.2 Å². The Balaban J connectivity index is 1.93. The highest BCUT2D eigenvalue weighted by Gasteiger charge is 2.13. The van der Waals surface area contributed by atoms with Crippen molar-refractivity contribution in [3.05, 3.63) is 65.0 Å². The van der Waals surface area contributed by atoms with E-state index in [2.05, 4.69) is 10.3 Å². The molecule has 0 aliphatic rings. The van der Waals surface area contributed by atoms with E-state index in [0.29, 0.717) is 24.3 Å². The second-order valence-electron chi connectivity index (χ2n) is 6.56. The third-order valence-corrected chi connectivity index (χ3v) is 4.52. The Labute approximate surface area is 159 Å². The molecule has 1 aromatic heterocycles. The van der Waals surface area contributed by atoms with Gasteiger partial charge in [0.2, 0.25) is 0 Å². The van der Waals surface area contributed by atoms with Crippen LogP contribution in [0, 0.1) is 0 Å². The Hall–Kier alpha value is -2.73. The number of pyridine rings is 1. The van der Waals surface area contributed by atoms with E-state index in [1.807, 2.05) is 25.1 Å². The zero-order chi connectivity index (χ0) is 19.6. The van der Waals surface area contributed by atoms with E-state index in [9.17, 15) is 9.59 Å². The van der Waals surface area contributed by atoms with Crippen LogP contribution in [0.4, 0.5) is 0 Å². The van der Waals surface area contributed by atoms with Gasteiger partial charge in [-0.25, -0.2) is 9.78 Å². The molecule has 6 heteroatoms. The quantitative estimate of drug-likeness (QED) is 0.558. The first-order valence-corrected chi connectivity index (χ1v) is 9.31. The number of aromatic nitrogens is 1. The van der Waals surface area contributed by atoms with Gasteiger partial charge in [0.25, 0.3) is 5.91 Å². The number of carboxylic acid groups (broad SMARTS) is 1. The predicted octanol–water partition coefficient (Wildman–Crippen LogP) is 3.18. The highest BCUT2D eigenvalue weighted by Crippen LogP contribution is 2.23. The fourth-order valence-electron chi connectivity index (χ4n) is 2.83. The van der Waals surface area contributed by atoms with E-state index in [-0.39, 0.29) is 17.5 Å². The lowest BCUT2D eigenvalue weighted by Crippen LogP contribution is -2.24. The lowest BCUT2D eigenvalue weighted by Gasteiger charge is -2.13. The van der Waals surface area contributed by atoms with Crippen LogP contribution in [0.2, 0.25) is 0 Å². The summed E-state index contributed by atoms with van der Waals surface area (Å²) in [5, 5.41) is 12.0. The monoisotopic (exact) mass is 369 g/mol. The van der Waals surface area contributed by atoms with Gasteiger partial charge in [-0.2, -0.15) is 0 Å². The summed E-state index contributed by atoms with van der Waals surface area (Å²) in [5.41, 5.74) is 7.76. The zero-order valence-electron chi connectivity index (χ0n) is 15.6. The highest BCUT2D eigenvalue weighted by molar-refractivity contribution is 5.94. The first kappa shape index (κ1) is 20.6. The van der Waals surface area contributed by atoms with Crippen molar-refractivity contribution >= 4 is 11.9 Å². The number of amides is 1. The first-order valence-electron chi connectivity index (χ1n) is 9.31. The normalized spacial score (nSPS) is 11.8. The number of nitrogens with two attached hydrogens (primary N) is 1. The van der Waals surface area contributed by atoms with Gasteiger partial charge < -0.3 is 16.2 Å². The number of aromatic carboxylic acids is 1. The number of carbonyl (C=O) groups excluding carboxylic acids is 1. The van der Waals surface area contributed by atoms with Gasteiger partial charge in [-0.15, -0.1) is 0 Å². The van der Waals surface area contributed by atoms with Crippen molar-refractivity contribution in [3.8, 4) is 0 Å². The standard InChI is InChI=1S/C21H27N3O3/c1-15(18-7-6-8-19(24-18)21(26)27)16-9-11-17(12-10-16)20(25)23-14-5-3-2-4-13-22/h6-12,15H,2-5,13-14,22H2,1H3,(H,23,25)(H,26,27). The lowest BCUT2D eigenvalue weighted by molar-refractivity contribution is 0.0690. The molecule has 0 saturated carbocycles. The number of nitrogens with zero attached hydrogens (tertiary/aromatic N) is 1. The summed E-state index contributed by atoms with van der Waals surface area (Å²) in [6.07, 6.45) is 4.14. The molecule has 0 bridgehead atoms. The summed E-state index contributed by atoms with van der Waals surface area (Å²) in [6, 6.07) is 12.3. The second-order valence-corrected chi connectivity index (χ2v) is 6.56. The molecule has 1 amide bonds. The van der Waals surface area contributed by atoms with Crippen LogP contribution in [0.3, 0.4) is 0 Å². The van der Waals surface area contributed by atoms with E-state index >= 15 is 0 Å². The molecule has 0 saturated heterocycles. The van der Waals surface area contributed by atoms with Crippen molar-refractivity contribution in [2.75, 3.05) is 13.1 Å². The van der Waals surface area contributed by atoms with E-state index in [0.717, 1.165) is 31.2 Å².